The van der Waals surface area contributed by atoms with Crippen molar-refractivity contribution in [3.63, 3.8) is 0 Å². The molecule has 1 fully saturated rings. The molecule has 0 atom stereocenters. The molecule has 2 aromatic heterocycles. The third-order valence-corrected chi connectivity index (χ3v) is 6.39. The lowest BCUT2D eigenvalue weighted by Gasteiger charge is -2.34. The molecule has 138 valence electrons. The van der Waals surface area contributed by atoms with Crippen molar-refractivity contribution in [3.05, 3.63) is 70.3 Å². The monoisotopic (exact) mass is 397 g/mol. The number of fused-ring (bicyclic) bond motifs is 1. The lowest BCUT2D eigenvalue weighted by Crippen LogP contribution is -2.47. The minimum Gasteiger partial charge on any atom is -0.337 e. The Hall–Kier alpha value is -2.21. The second-order valence-electron chi connectivity index (χ2n) is 6.53. The van der Waals surface area contributed by atoms with Crippen LogP contribution in [0.25, 0.3) is 16.2 Å². The number of carbonyl (C=O) groups excluding carboxylic acids is 1. The van der Waals surface area contributed by atoms with Crippen LogP contribution in [-0.2, 0) is 11.3 Å². The fourth-order valence-electron chi connectivity index (χ4n) is 3.24. The Bertz CT molecular complexity index is 962. The fourth-order valence-corrected chi connectivity index (χ4v) is 4.64. The molecule has 4 nitrogen and oxygen atoms in total. The molecule has 0 aliphatic carbocycles. The van der Waals surface area contributed by atoms with Crippen LogP contribution in [0.4, 0.5) is 0 Å². The van der Waals surface area contributed by atoms with Crippen molar-refractivity contribution in [1.29, 1.82) is 0 Å². The zero-order chi connectivity index (χ0) is 18.6. The van der Waals surface area contributed by atoms with Gasteiger partial charge >= 0.3 is 0 Å². The van der Waals surface area contributed by atoms with Crippen molar-refractivity contribution in [3.8, 4) is 0 Å². The number of carbonyl (C=O) groups is 1. The molecule has 0 N–H and O–H groups in total. The van der Waals surface area contributed by atoms with Gasteiger partial charge < -0.3 is 4.90 Å². The predicted molar refractivity (Wildman–Crippen MR) is 112 cm³/mol. The maximum absolute atomic E-state index is 12.5. The molecule has 27 heavy (non-hydrogen) atoms. The van der Waals surface area contributed by atoms with E-state index in [1.807, 2.05) is 59.6 Å². The van der Waals surface area contributed by atoms with Crippen LogP contribution in [0.3, 0.4) is 0 Å². The Morgan fingerprint density at radius 2 is 1.89 bits per heavy atom. The molecule has 1 aliphatic rings. The van der Waals surface area contributed by atoms with E-state index in [4.69, 9.17) is 11.6 Å². The highest BCUT2D eigenvalue weighted by atomic mass is 35.5. The van der Waals surface area contributed by atoms with Gasteiger partial charge in [0.25, 0.3) is 0 Å². The first-order valence-corrected chi connectivity index (χ1v) is 10.2. The molecule has 0 bridgehead atoms. The number of amides is 1. The van der Waals surface area contributed by atoms with Gasteiger partial charge in [-0.05, 0) is 24.3 Å². The first-order valence-electron chi connectivity index (χ1n) is 8.97. The maximum atomic E-state index is 12.5. The molecule has 0 unspecified atom stereocenters. The molecule has 1 saturated heterocycles. The van der Waals surface area contributed by atoms with E-state index in [0.717, 1.165) is 58.4 Å². The summed E-state index contributed by atoms with van der Waals surface area (Å²) < 4.78 is 1.14. The number of nitrogens with zero attached hydrogens (tertiary/aromatic N) is 3. The molecular weight excluding hydrogens is 378 g/mol. The van der Waals surface area contributed by atoms with Crippen LogP contribution in [0.15, 0.2) is 54.7 Å². The first-order chi connectivity index (χ1) is 13.2. The summed E-state index contributed by atoms with van der Waals surface area (Å²) in [4.78, 5) is 22.1. The van der Waals surface area contributed by atoms with Crippen molar-refractivity contribution in [2.75, 3.05) is 26.2 Å². The molecule has 0 saturated carbocycles. The van der Waals surface area contributed by atoms with Gasteiger partial charge in [-0.25, -0.2) is 0 Å². The number of thiophene rings is 1. The Balaban J connectivity index is 1.35. The van der Waals surface area contributed by atoms with E-state index < -0.39 is 0 Å². The van der Waals surface area contributed by atoms with Gasteiger partial charge in [-0.1, -0.05) is 35.9 Å². The highest BCUT2D eigenvalue weighted by molar-refractivity contribution is 7.20. The van der Waals surface area contributed by atoms with E-state index in [0.29, 0.717) is 0 Å². The number of hydrogen-bond acceptors (Lipinski definition) is 4. The summed E-state index contributed by atoms with van der Waals surface area (Å²) in [7, 11) is 0. The van der Waals surface area contributed by atoms with E-state index in [1.165, 1.54) is 0 Å². The number of piperazine rings is 1. The highest BCUT2D eigenvalue weighted by Gasteiger charge is 2.20. The van der Waals surface area contributed by atoms with E-state index in [1.54, 1.807) is 17.4 Å². The minimum atomic E-state index is 0.0426. The molecule has 1 aromatic carbocycles. The van der Waals surface area contributed by atoms with E-state index >= 15 is 0 Å². The number of aromatic nitrogens is 1. The molecule has 3 heterocycles. The van der Waals surface area contributed by atoms with E-state index in [9.17, 15) is 4.79 Å². The van der Waals surface area contributed by atoms with Crippen molar-refractivity contribution in [2.24, 2.45) is 0 Å². The van der Waals surface area contributed by atoms with Crippen LogP contribution >= 0.6 is 22.9 Å². The zero-order valence-electron chi connectivity index (χ0n) is 14.8. The van der Waals surface area contributed by atoms with E-state index in [-0.39, 0.29) is 5.91 Å². The number of rotatable bonds is 4. The van der Waals surface area contributed by atoms with Crippen molar-refractivity contribution >= 4 is 45.0 Å². The van der Waals surface area contributed by atoms with Crippen LogP contribution in [0.2, 0.25) is 5.02 Å². The summed E-state index contributed by atoms with van der Waals surface area (Å²) in [5.74, 6) is 0.0426. The van der Waals surface area contributed by atoms with Crippen molar-refractivity contribution < 1.29 is 4.79 Å². The third kappa shape index (κ3) is 4.21. The lowest BCUT2D eigenvalue weighted by molar-refractivity contribution is -0.127. The number of benzene rings is 1. The Labute approximate surface area is 167 Å². The smallest absolute Gasteiger partial charge is 0.246 e. The van der Waals surface area contributed by atoms with Gasteiger partial charge in [0.2, 0.25) is 5.91 Å². The summed E-state index contributed by atoms with van der Waals surface area (Å²) in [6.07, 6.45) is 5.31. The Morgan fingerprint density at radius 3 is 2.63 bits per heavy atom. The average molecular weight is 398 g/mol. The molecule has 4 rings (SSSR count). The van der Waals surface area contributed by atoms with E-state index in [2.05, 4.69) is 9.88 Å². The Morgan fingerprint density at radius 1 is 1.11 bits per heavy atom. The van der Waals surface area contributed by atoms with Crippen LogP contribution in [0.1, 0.15) is 10.6 Å². The van der Waals surface area contributed by atoms with Crippen molar-refractivity contribution in [2.45, 2.75) is 6.54 Å². The maximum Gasteiger partial charge on any atom is 0.246 e. The van der Waals surface area contributed by atoms with Gasteiger partial charge in [-0.3, -0.25) is 14.7 Å². The average Bonchev–Trinajstić information content (AvgIpc) is 3.03. The predicted octanol–water partition coefficient (Wildman–Crippen LogP) is 4.31. The number of halogens is 1. The van der Waals surface area contributed by atoms with Gasteiger partial charge in [0.05, 0.1) is 10.7 Å². The molecular formula is C21H20ClN3OS. The summed E-state index contributed by atoms with van der Waals surface area (Å²) in [6.45, 7) is 4.02. The molecule has 3 aromatic rings. The third-order valence-electron chi connectivity index (χ3n) is 4.73. The standard InChI is InChI=1S/C21H20ClN3OS/c22-21-17-6-1-2-7-18(17)27-19(21)8-9-20(26)25-13-11-24(12-14-25)15-16-5-3-4-10-23-16/h1-10H,11-15H2/b9-8+. The second-order valence-corrected chi connectivity index (χ2v) is 7.99. The molecule has 1 aliphatic heterocycles. The molecule has 0 radical (unpaired) electrons. The molecule has 6 heteroatoms. The quantitative estimate of drug-likeness (QED) is 0.615. The largest absolute Gasteiger partial charge is 0.337 e. The topological polar surface area (TPSA) is 36.4 Å². The molecule has 0 spiro atoms. The van der Waals surface area contributed by atoms with Crippen LogP contribution in [-0.4, -0.2) is 46.9 Å². The lowest BCUT2D eigenvalue weighted by atomic mass is 10.2. The Kier molecular flexibility index (Phi) is 5.53. The van der Waals surface area contributed by atoms with Crippen LogP contribution in [0.5, 0.6) is 0 Å². The summed E-state index contributed by atoms with van der Waals surface area (Å²) in [5.41, 5.74) is 1.07. The normalized spacial score (nSPS) is 15.7. The minimum absolute atomic E-state index is 0.0426. The van der Waals surface area contributed by atoms with Gasteiger partial charge in [-0.15, -0.1) is 11.3 Å². The van der Waals surface area contributed by atoms with Crippen LogP contribution < -0.4 is 0 Å². The highest BCUT2D eigenvalue weighted by Crippen LogP contribution is 2.35. The van der Waals surface area contributed by atoms with Gasteiger partial charge in [0, 0.05) is 60.0 Å². The summed E-state index contributed by atoms with van der Waals surface area (Å²) >= 11 is 8.05. The SMILES string of the molecule is O=C(/C=C/c1sc2ccccc2c1Cl)N1CCN(Cc2ccccn2)CC1. The number of pyridine rings is 1. The number of hydrogen-bond donors (Lipinski definition) is 0. The van der Waals surface area contributed by atoms with Crippen LogP contribution in [0, 0.1) is 0 Å². The molecule has 1 amide bonds. The second kappa shape index (κ2) is 8.21. The van der Waals surface area contributed by atoms with Gasteiger partial charge in [0.1, 0.15) is 0 Å². The van der Waals surface area contributed by atoms with Gasteiger partial charge in [-0.2, -0.15) is 0 Å². The zero-order valence-corrected chi connectivity index (χ0v) is 16.4. The first kappa shape index (κ1) is 18.2. The van der Waals surface area contributed by atoms with Crippen molar-refractivity contribution in [1.82, 2.24) is 14.8 Å². The fraction of sp³-hybridized carbons (Fsp3) is 0.238. The summed E-state index contributed by atoms with van der Waals surface area (Å²) in [5, 5.41) is 1.76. The van der Waals surface area contributed by atoms with Gasteiger partial charge in [0.15, 0.2) is 0 Å². The summed E-state index contributed by atoms with van der Waals surface area (Å²) in [6, 6.07) is 14.0.